The fourth-order valence-corrected chi connectivity index (χ4v) is 2.31. The van der Waals surface area contributed by atoms with Gasteiger partial charge in [0.15, 0.2) is 0 Å². The summed E-state index contributed by atoms with van der Waals surface area (Å²) >= 11 is 0. The Kier molecular flexibility index (Phi) is 6.70. The fourth-order valence-electron chi connectivity index (χ4n) is 2.31. The molecule has 5 heteroatoms. The fraction of sp³-hybridized carbons (Fsp3) is 0.750. The molecule has 1 saturated carbocycles. The van der Waals surface area contributed by atoms with Crippen LogP contribution in [0.5, 0.6) is 0 Å². The minimum absolute atomic E-state index is 0.722. The van der Waals surface area contributed by atoms with Gasteiger partial charge in [0.05, 0.1) is 19.8 Å². The molecule has 21 heavy (non-hydrogen) atoms. The molecule has 0 amide bonds. The summed E-state index contributed by atoms with van der Waals surface area (Å²) in [5.41, 5.74) is 1.27. The van der Waals surface area contributed by atoms with Gasteiger partial charge in [-0.1, -0.05) is 0 Å². The minimum atomic E-state index is 0.722. The van der Waals surface area contributed by atoms with Crippen LogP contribution in [0.2, 0.25) is 0 Å². The molecule has 1 N–H and O–H groups in total. The third-order valence-electron chi connectivity index (χ3n) is 3.83. The Morgan fingerprint density at radius 3 is 2.48 bits per heavy atom. The summed E-state index contributed by atoms with van der Waals surface area (Å²) in [6.07, 6.45) is 2.62. The minimum Gasteiger partial charge on any atom is -0.465 e. The Balaban J connectivity index is 1.86. The second kappa shape index (κ2) is 8.54. The Labute approximate surface area is 127 Å². The quantitative estimate of drug-likeness (QED) is 0.676. The highest BCUT2D eigenvalue weighted by atomic mass is 16.5. The summed E-state index contributed by atoms with van der Waals surface area (Å²) in [4.78, 5) is 2.30. The van der Waals surface area contributed by atoms with E-state index < -0.39 is 0 Å². The van der Waals surface area contributed by atoms with Gasteiger partial charge in [0.1, 0.15) is 11.5 Å². The average Bonchev–Trinajstić information content (AvgIpc) is 3.24. The molecule has 0 aliphatic heterocycles. The first-order valence-electron chi connectivity index (χ1n) is 7.74. The maximum atomic E-state index is 5.89. The lowest BCUT2D eigenvalue weighted by Gasteiger charge is -2.20. The summed E-state index contributed by atoms with van der Waals surface area (Å²) in [5, 5.41) is 3.54. The molecule has 0 spiro atoms. The average molecular weight is 296 g/mol. The highest BCUT2D eigenvalue weighted by Crippen LogP contribution is 2.21. The number of furan rings is 1. The molecule has 1 fully saturated rings. The molecule has 1 aliphatic carbocycles. The molecule has 2 rings (SSSR count). The van der Waals surface area contributed by atoms with Crippen molar-refractivity contribution >= 4 is 0 Å². The van der Waals surface area contributed by atoms with Gasteiger partial charge in [-0.05, 0) is 25.8 Å². The van der Waals surface area contributed by atoms with Crippen LogP contribution in [0.3, 0.4) is 0 Å². The third kappa shape index (κ3) is 5.79. The summed E-state index contributed by atoms with van der Waals surface area (Å²) in [6, 6.07) is 2.90. The van der Waals surface area contributed by atoms with Crippen LogP contribution in [-0.4, -0.2) is 51.5 Å². The van der Waals surface area contributed by atoms with E-state index in [2.05, 4.69) is 16.3 Å². The van der Waals surface area contributed by atoms with Gasteiger partial charge < -0.3 is 19.2 Å². The topological polar surface area (TPSA) is 46.9 Å². The van der Waals surface area contributed by atoms with Crippen molar-refractivity contribution in [2.75, 3.05) is 40.5 Å². The Hall–Kier alpha value is -0.880. The van der Waals surface area contributed by atoms with E-state index in [-0.39, 0.29) is 0 Å². The van der Waals surface area contributed by atoms with Gasteiger partial charge in [0, 0.05) is 45.5 Å². The van der Waals surface area contributed by atoms with Crippen LogP contribution in [0.1, 0.15) is 29.9 Å². The Morgan fingerprint density at radius 1 is 1.24 bits per heavy atom. The van der Waals surface area contributed by atoms with Crippen molar-refractivity contribution in [1.29, 1.82) is 0 Å². The van der Waals surface area contributed by atoms with Gasteiger partial charge in [-0.3, -0.25) is 4.90 Å². The van der Waals surface area contributed by atoms with E-state index in [1.807, 2.05) is 6.92 Å². The first-order valence-corrected chi connectivity index (χ1v) is 7.74. The molecule has 0 unspecified atom stereocenters. The van der Waals surface area contributed by atoms with E-state index in [1.165, 1.54) is 18.4 Å². The van der Waals surface area contributed by atoms with Crippen LogP contribution in [0.15, 0.2) is 10.5 Å². The summed E-state index contributed by atoms with van der Waals surface area (Å²) in [7, 11) is 3.46. The molecule has 1 aromatic heterocycles. The maximum Gasteiger partial charge on any atom is 0.118 e. The highest BCUT2D eigenvalue weighted by Gasteiger charge is 2.21. The van der Waals surface area contributed by atoms with Gasteiger partial charge in [-0.25, -0.2) is 0 Å². The van der Waals surface area contributed by atoms with Crippen LogP contribution in [0.25, 0.3) is 0 Å². The predicted molar refractivity (Wildman–Crippen MR) is 82.3 cm³/mol. The van der Waals surface area contributed by atoms with E-state index in [4.69, 9.17) is 13.9 Å². The standard InChI is InChI=1S/C16H28N2O3/c1-13-14(11-17-15-4-5-15)10-16(21-13)12-18(6-8-19-2)7-9-20-3/h10,15,17H,4-9,11-12H2,1-3H3. The van der Waals surface area contributed by atoms with Gasteiger partial charge in [0.25, 0.3) is 0 Å². The molecule has 1 aliphatic rings. The van der Waals surface area contributed by atoms with Crippen molar-refractivity contribution in [3.63, 3.8) is 0 Å². The third-order valence-corrected chi connectivity index (χ3v) is 3.83. The molecule has 0 aromatic carbocycles. The lowest BCUT2D eigenvalue weighted by molar-refractivity contribution is 0.106. The predicted octanol–water partition coefficient (Wildman–Crippen LogP) is 1.93. The normalized spacial score (nSPS) is 15.0. The molecular weight excluding hydrogens is 268 g/mol. The first kappa shape index (κ1) is 16.5. The number of nitrogens with zero attached hydrogens (tertiary/aromatic N) is 1. The Bertz CT molecular complexity index is 408. The zero-order chi connectivity index (χ0) is 15.1. The zero-order valence-corrected chi connectivity index (χ0v) is 13.5. The molecule has 120 valence electrons. The second-order valence-electron chi connectivity index (χ2n) is 5.71. The van der Waals surface area contributed by atoms with Crippen molar-refractivity contribution in [2.45, 2.75) is 38.9 Å². The van der Waals surface area contributed by atoms with Crippen LogP contribution < -0.4 is 5.32 Å². The molecule has 0 atom stereocenters. The molecule has 1 aromatic rings. The van der Waals surface area contributed by atoms with Gasteiger partial charge in [0.2, 0.25) is 0 Å². The number of nitrogens with one attached hydrogen (secondary N) is 1. The van der Waals surface area contributed by atoms with Crippen LogP contribution in [-0.2, 0) is 22.6 Å². The molecule has 0 radical (unpaired) electrons. The van der Waals surface area contributed by atoms with E-state index in [0.29, 0.717) is 0 Å². The van der Waals surface area contributed by atoms with E-state index in [0.717, 1.165) is 57.0 Å². The van der Waals surface area contributed by atoms with Gasteiger partial charge in [-0.15, -0.1) is 0 Å². The number of hydrogen-bond donors (Lipinski definition) is 1. The summed E-state index contributed by atoms with van der Waals surface area (Å²) in [6.45, 7) is 6.97. The number of ether oxygens (including phenoxy) is 2. The van der Waals surface area contributed by atoms with E-state index >= 15 is 0 Å². The first-order chi connectivity index (χ1) is 10.2. The lowest BCUT2D eigenvalue weighted by atomic mass is 10.2. The number of hydrogen-bond acceptors (Lipinski definition) is 5. The van der Waals surface area contributed by atoms with Crippen LogP contribution in [0.4, 0.5) is 0 Å². The monoisotopic (exact) mass is 296 g/mol. The van der Waals surface area contributed by atoms with Gasteiger partial charge >= 0.3 is 0 Å². The van der Waals surface area contributed by atoms with Gasteiger partial charge in [-0.2, -0.15) is 0 Å². The maximum absolute atomic E-state index is 5.89. The molecule has 0 saturated heterocycles. The Morgan fingerprint density at radius 2 is 1.90 bits per heavy atom. The largest absolute Gasteiger partial charge is 0.465 e. The summed E-state index contributed by atoms with van der Waals surface area (Å²) < 4.78 is 16.2. The smallest absolute Gasteiger partial charge is 0.118 e. The molecule has 0 bridgehead atoms. The number of methoxy groups -OCH3 is 2. The lowest BCUT2D eigenvalue weighted by Crippen LogP contribution is -2.30. The van der Waals surface area contributed by atoms with Crippen molar-refractivity contribution in [1.82, 2.24) is 10.2 Å². The molecule has 1 heterocycles. The van der Waals surface area contributed by atoms with Crippen molar-refractivity contribution in [3.8, 4) is 0 Å². The number of rotatable bonds is 11. The molecular formula is C16H28N2O3. The van der Waals surface area contributed by atoms with Crippen molar-refractivity contribution in [3.05, 3.63) is 23.2 Å². The second-order valence-corrected chi connectivity index (χ2v) is 5.71. The number of aryl methyl sites for hydroxylation is 1. The van der Waals surface area contributed by atoms with Crippen LogP contribution >= 0.6 is 0 Å². The van der Waals surface area contributed by atoms with Crippen LogP contribution in [0, 0.1) is 6.92 Å². The van der Waals surface area contributed by atoms with Crippen molar-refractivity contribution in [2.24, 2.45) is 0 Å². The molecule has 5 nitrogen and oxygen atoms in total. The zero-order valence-electron chi connectivity index (χ0n) is 13.5. The van der Waals surface area contributed by atoms with E-state index in [1.54, 1.807) is 14.2 Å². The van der Waals surface area contributed by atoms with Crippen molar-refractivity contribution < 1.29 is 13.9 Å². The summed E-state index contributed by atoms with van der Waals surface area (Å²) in [5.74, 6) is 2.05. The van der Waals surface area contributed by atoms with E-state index in [9.17, 15) is 0 Å². The SMILES string of the molecule is COCCN(CCOC)Cc1cc(CNC2CC2)c(C)o1. The highest BCUT2D eigenvalue weighted by molar-refractivity contribution is 5.21.